The van der Waals surface area contributed by atoms with Crippen LogP contribution >= 0.6 is 0 Å². The van der Waals surface area contributed by atoms with Crippen molar-refractivity contribution in [3.63, 3.8) is 0 Å². The zero-order valence-electron chi connectivity index (χ0n) is 25.1. The number of aliphatic carboxylic acids is 1. The van der Waals surface area contributed by atoms with Crippen molar-refractivity contribution in [3.8, 4) is 0 Å². The first-order valence-electron chi connectivity index (χ1n) is 13.6. The van der Waals surface area contributed by atoms with Crippen LogP contribution in [0.15, 0.2) is 47.4 Å². The number of benzene rings is 1. The Labute approximate surface area is 269 Å². The van der Waals surface area contributed by atoms with Crippen LogP contribution < -0.4 is 5.32 Å². The van der Waals surface area contributed by atoms with Crippen molar-refractivity contribution >= 4 is 35.1 Å². The molecule has 0 radical (unpaired) electrons. The Morgan fingerprint density at radius 3 is 2.57 bits per heavy atom. The summed E-state index contributed by atoms with van der Waals surface area (Å²) in [7, 11) is 2.96. The molecule has 1 aliphatic rings. The second-order valence-electron chi connectivity index (χ2n) is 10.8. The summed E-state index contributed by atoms with van der Waals surface area (Å²) in [5.74, 6) is -1.43. The molecule has 0 saturated carbocycles. The predicted molar refractivity (Wildman–Crippen MR) is 156 cm³/mol. The molecule has 3 heterocycles. The monoisotopic (exact) mass is 774 g/mol. The average Bonchev–Trinajstić information content (AvgIpc) is 3.59. The summed E-state index contributed by atoms with van der Waals surface area (Å²) >= 11 is 0. The zero-order valence-corrected chi connectivity index (χ0v) is 28.1. The van der Waals surface area contributed by atoms with Gasteiger partial charge in [0.25, 0.3) is 5.91 Å². The van der Waals surface area contributed by atoms with E-state index in [1.165, 1.54) is 11.7 Å². The van der Waals surface area contributed by atoms with E-state index >= 15 is 0 Å². The summed E-state index contributed by atoms with van der Waals surface area (Å²) < 4.78 is 17.6. The van der Waals surface area contributed by atoms with Crippen molar-refractivity contribution in [2.24, 2.45) is 4.99 Å². The Bertz CT molecular complexity index is 1560. The molecule has 0 aliphatic carbocycles. The third-order valence-electron chi connectivity index (χ3n) is 6.51. The molecule has 1 saturated heterocycles. The van der Waals surface area contributed by atoms with Crippen LogP contribution in [0, 0.1) is 6.20 Å². The molecule has 1 aliphatic heterocycles. The number of aromatic nitrogens is 3. The fraction of sp³-hybridized carbons (Fsp3) is 0.400. The molecule has 1 unspecified atom stereocenters. The van der Waals surface area contributed by atoms with Gasteiger partial charge in [-0.05, 0) is 50.9 Å². The maximum atomic E-state index is 13.3. The van der Waals surface area contributed by atoms with Gasteiger partial charge in [-0.3, -0.25) is 14.2 Å². The number of nitrogens with one attached hydrogen (secondary N) is 1. The van der Waals surface area contributed by atoms with Crippen molar-refractivity contribution in [1.29, 1.82) is 0 Å². The number of nitrogens with zero attached hydrogens (tertiary/aromatic N) is 5. The Kier molecular flexibility index (Phi) is 11.8. The topological polar surface area (TPSA) is 157 Å². The Hall–Kier alpha value is -4.09. The van der Waals surface area contributed by atoms with Crippen LogP contribution in [0.3, 0.4) is 0 Å². The molecule has 1 aromatic carbocycles. The van der Waals surface area contributed by atoms with Crippen molar-refractivity contribution < 1.29 is 54.8 Å². The maximum Gasteiger partial charge on any atom is 2.00 e. The van der Waals surface area contributed by atoms with Gasteiger partial charge in [-0.1, -0.05) is 36.4 Å². The second-order valence-corrected chi connectivity index (χ2v) is 10.8. The van der Waals surface area contributed by atoms with E-state index in [1.54, 1.807) is 45.0 Å². The number of carboxylic acid groups (broad SMARTS) is 1. The second kappa shape index (κ2) is 15.1. The minimum absolute atomic E-state index is 0. The number of aliphatic imine (C=N–C) groups is 1. The minimum Gasteiger partial charge on any atom is -0.570 e. The van der Waals surface area contributed by atoms with Gasteiger partial charge in [0.05, 0.1) is 25.3 Å². The van der Waals surface area contributed by atoms with Gasteiger partial charge in [0.1, 0.15) is 11.3 Å². The summed E-state index contributed by atoms with van der Waals surface area (Å²) in [6.45, 7) is 6.00. The number of fused-ring (bicyclic) bond motifs is 1. The van der Waals surface area contributed by atoms with Crippen LogP contribution in [0.2, 0.25) is 0 Å². The molecular formula is C30H34N6O7W. The fourth-order valence-electron chi connectivity index (χ4n) is 4.51. The summed E-state index contributed by atoms with van der Waals surface area (Å²) in [6, 6.07) is 9.06. The summed E-state index contributed by atoms with van der Waals surface area (Å²) in [4.78, 5) is 42.9. The van der Waals surface area contributed by atoms with Crippen molar-refractivity contribution in [2.45, 2.75) is 45.3 Å². The molecule has 0 bridgehead atoms. The van der Waals surface area contributed by atoms with E-state index in [-0.39, 0.29) is 63.3 Å². The summed E-state index contributed by atoms with van der Waals surface area (Å²) in [6.07, 6.45) is 7.43. The zero-order chi connectivity index (χ0) is 31.1. The largest absolute Gasteiger partial charge is 2.00 e. The molecule has 14 heteroatoms. The van der Waals surface area contributed by atoms with E-state index in [4.69, 9.17) is 19.3 Å². The van der Waals surface area contributed by atoms with Crippen molar-refractivity contribution in [1.82, 2.24) is 25.0 Å². The fourth-order valence-corrected chi connectivity index (χ4v) is 4.51. The number of para-hydroxylation sites is 1. The molecule has 2 aromatic heterocycles. The molecule has 44 heavy (non-hydrogen) atoms. The molecule has 232 valence electrons. The van der Waals surface area contributed by atoms with E-state index < -0.39 is 17.7 Å². The van der Waals surface area contributed by atoms with Crippen molar-refractivity contribution in [2.75, 3.05) is 33.9 Å². The first-order chi connectivity index (χ1) is 20.5. The van der Waals surface area contributed by atoms with Gasteiger partial charge in [0.2, 0.25) is 0 Å². The van der Waals surface area contributed by atoms with Gasteiger partial charge in [0, 0.05) is 31.8 Å². The third kappa shape index (κ3) is 8.73. The molecule has 3 aromatic rings. The van der Waals surface area contributed by atoms with Gasteiger partial charge in [-0.25, -0.2) is 4.79 Å². The van der Waals surface area contributed by atoms with Crippen LogP contribution in [-0.4, -0.2) is 94.5 Å². The van der Waals surface area contributed by atoms with Gasteiger partial charge in [0.15, 0.2) is 0 Å². The molecule has 1 amide bonds. The number of ether oxygens (including phenoxy) is 3. The van der Waals surface area contributed by atoms with Crippen LogP contribution in [0.25, 0.3) is 10.9 Å². The summed E-state index contributed by atoms with van der Waals surface area (Å²) in [5, 5.41) is 20.5. The van der Waals surface area contributed by atoms with Crippen LogP contribution in [0.5, 0.6) is 0 Å². The maximum absolute atomic E-state index is 13.3. The first-order valence-corrected chi connectivity index (χ1v) is 13.6. The van der Waals surface area contributed by atoms with Crippen LogP contribution in [0.1, 0.15) is 54.5 Å². The van der Waals surface area contributed by atoms with Gasteiger partial charge in [-0.2, -0.15) is 5.10 Å². The molecule has 1 atom stereocenters. The number of rotatable bonds is 10. The number of methoxy groups -OCH3 is 2. The standard InChI is InChI=1S/C30H34N6O7.W/c1-30(2,3)43-29(40)36-17-20(22-8-6-7-9-25(22)36)12-19-13-23(28(39)35-11-10-21(18-35)41-4)33-34-24(19)14-32-26(42-5)15-31-16-27(37)38;/h6-9,13,17,21,31H,10-12,16,18H2,1-5H3,(H,37,38);/q-2;+2. The SMILES string of the molecule is COC(=[C-]NCC(=O)O)N=[C-]c1nnc(C(=O)N2CCC(OC)C2)cc1Cc1cn(C(=O)OC(C)(C)C)c2ccccc12.[W+2]. The van der Waals surface area contributed by atoms with Gasteiger partial charge >= 0.3 is 33.1 Å². The number of hydrogen-bond acceptors (Lipinski definition) is 10. The molecule has 13 nitrogen and oxygen atoms in total. The number of likely N-dealkylation sites (tertiary alicyclic amines) is 1. The van der Waals surface area contributed by atoms with Crippen LogP contribution in [-0.2, 0) is 46.5 Å². The number of carbonyl (C=O) groups is 3. The molecule has 1 fully saturated rings. The number of carbonyl (C=O) groups excluding carboxylic acids is 2. The number of amides is 1. The van der Waals surface area contributed by atoms with E-state index in [9.17, 15) is 14.4 Å². The smallest absolute Gasteiger partial charge is 0.570 e. The number of hydrogen-bond donors (Lipinski definition) is 2. The Balaban J connectivity index is 0.00000529. The van der Waals surface area contributed by atoms with E-state index in [0.29, 0.717) is 24.2 Å². The van der Waals surface area contributed by atoms with E-state index in [2.05, 4.69) is 32.9 Å². The van der Waals surface area contributed by atoms with Gasteiger partial charge < -0.3 is 40.7 Å². The molecular weight excluding hydrogens is 740 g/mol. The van der Waals surface area contributed by atoms with E-state index in [0.717, 1.165) is 17.4 Å². The molecule has 0 spiro atoms. The van der Waals surface area contributed by atoms with Crippen LogP contribution in [0.4, 0.5) is 4.79 Å². The quantitative estimate of drug-likeness (QED) is 0.136. The van der Waals surface area contributed by atoms with Gasteiger partial charge in [-0.15, -0.1) is 10.7 Å². The minimum atomic E-state index is -1.08. The predicted octanol–water partition coefficient (Wildman–Crippen LogP) is 2.88. The Morgan fingerprint density at radius 1 is 1.16 bits per heavy atom. The molecule has 4 rings (SSSR count). The van der Waals surface area contributed by atoms with E-state index in [1.807, 2.05) is 24.3 Å². The third-order valence-corrected chi connectivity index (χ3v) is 6.51. The Morgan fingerprint density at radius 2 is 1.91 bits per heavy atom. The first kappa shape index (κ1) is 34.4. The normalized spacial score (nSPS) is 15.3. The molecule has 2 N–H and O–H groups in total. The number of carboxylic acids is 1. The summed E-state index contributed by atoms with van der Waals surface area (Å²) in [5.41, 5.74) is 1.67. The average molecular weight is 774 g/mol. The van der Waals surface area contributed by atoms with Crippen molar-refractivity contribution in [3.05, 3.63) is 71.1 Å².